The minimum absolute atomic E-state index is 0.0111. The van der Waals surface area contributed by atoms with Crippen molar-refractivity contribution in [3.05, 3.63) is 74.6 Å². The van der Waals surface area contributed by atoms with E-state index in [0.29, 0.717) is 107 Å². The number of hydrogen-bond acceptors (Lipinski definition) is 12. The molecule has 0 atom stereocenters. The van der Waals surface area contributed by atoms with E-state index in [1.165, 1.54) is 4.68 Å². The molecule has 8 bridgehead atoms. The molecular formula is C48H52F8N16. The minimum atomic E-state index is -2.22. The number of nitrogens with one attached hydrogen (secondary N) is 11. The zero-order valence-corrected chi connectivity index (χ0v) is 40.5. The first kappa shape index (κ1) is 49.1. The van der Waals surface area contributed by atoms with Crippen LogP contribution in [0.1, 0.15) is 55.4 Å². The van der Waals surface area contributed by atoms with Crippen LogP contribution in [-0.2, 0) is 0 Å². The molecule has 0 aliphatic carbocycles. The van der Waals surface area contributed by atoms with Crippen molar-refractivity contribution in [2.24, 2.45) is 20.0 Å². The molecule has 5 heterocycles. The lowest BCUT2D eigenvalue weighted by molar-refractivity contribution is 0.418. The molecule has 0 amide bonds. The fourth-order valence-corrected chi connectivity index (χ4v) is 9.43. The van der Waals surface area contributed by atoms with Crippen molar-refractivity contribution in [2.45, 2.75) is 55.4 Å². The lowest BCUT2D eigenvalue weighted by Gasteiger charge is -2.23. The molecule has 4 aromatic carbocycles. The fraction of sp³-hybridized carbons (Fsp3) is 0.333. The van der Waals surface area contributed by atoms with Crippen molar-refractivity contribution in [3.8, 4) is 0 Å². The summed E-state index contributed by atoms with van der Waals surface area (Å²) in [6.45, 7) is 18.4. The van der Waals surface area contributed by atoms with E-state index in [2.05, 4.69) is 62.6 Å². The first-order valence-corrected chi connectivity index (χ1v) is 23.8. The van der Waals surface area contributed by atoms with Gasteiger partial charge in [-0.05, 0) is 61.5 Å². The van der Waals surface area contributed by atoms with E-state index in [4.69, 9.17) is 15.0 Å². The topological polar surface area (TPSA) is 198 Å². The number of fused-ring (bicyclic) bond motifs is 20. The van der Waals surface area contributed by atoms with Crippen molar-refractivity contribution >= 4 is 106 Å². The Morgan fingerprint density at radius 3 is 1.17 bits per heavy atom. The zero-order valence-electron chi connectivity index (χ0n) is 40.5. The summed E-state index contributed by atoms with van der Waals surface area (Å²) in [6, 6.07) is 1.77. The van der Waals surface area contributed by atoms with Gasteiger partial charge in [0.1, 0.15) is 34.2 Å². The summed E-state index contributed by atoms with van der Waals surface area (Å²) in [6.07, 6.45) is 0. The van der Waals surface area contributed by atoms with Crippen molar-refractivity contribution < 1.29 is 35.1 Å². The number of halogens is 8. The molecule has 0 saturated heterocycles. The Balaban J connectivity index is 1.67. The average Bonchev–Trinajstić information content (AvgIpc) is 4.09. The molecule has 16 nitrogen and oxygen atoms in total. The molecule has 72 heavy (non-hydrogen) atoms. The van der Waals surface area contributed by atoms with Crippen molar-refractivity contribution in [3.63, 3.8) is 0 Å². The molecule has 8 aromatic rings. The molecule has 11 N–H and O–H groups in total. The highest BCUT2D eigenvalue weighted by atomic mass is 19.2. The number of aromatic nitrogens is 4. The maximum atomic E-state index is 16.5. The highest BCUT2D eigenvalue weighted by Gasteiger charge is 2.32. The van der Waals surface area contributed by atoms with E-state index in [0.717, 1.165) is 0 Å². The van der Waals surface area contributed by atoms with Gasteiger partial charge >= 0.3 is 0 Å². The molecule has 4 aromatic heterocycles. The zero-order chi connectivity index (χ0) is 51.4. The van der Waals surface area contributed by atoms with Crippen molar-refractivity contribution in [2.75, 3.05) is 95.0 Å². The number of hydrogen-bond donors (Lipinski definition) is 11. The second kappa shape index (κ2) is 19.4. The normalized spacial score (nSPS) is 12.2. The van der Waals surface area contributed by atoms with Gasteiger partial charge in [0.15, 0.2) is 57.5 Å². The molecule has 1 aliphatic rings. The number of rotatable bonds is 16. The van der Waals surface area contributed by atoms with Crippen molar-refractivity contribution in [1.82, 2.24) is 19.6 Å². The molecule has 0 spiro atoms. The van der Waals surface area contributed by atoms with Crippen LogP contribution >= 0.6 is 0 Å². The third kappa shape index (κ3) is 7.47. The predicted octanol–water partition coefficient (Wildman–Crippen LogP) is 9.90. The average molecular weight is 1010 g/mol. The molecule has 0 saturated carbocycles. The minimum Gasteiger partial charge on any atom is -0.384 e. The predicted molar refractivity (Wildman–Crippen MR) is 269 cm³/mol. The smallest absolute Gasteiger partial charge is 0.198 e. The van der Waals surface area contributed by atoms with Crippen LogP contribution in [0.3, 0.4) is 0 Å². The Labute approximate surface area is 404 Å². The van der Waals surface area contributed by atoms with Gasteiger partial charge in [0.25, 0.3) is 0 Å². The summed E-state index contributed by atoms with van der Waals surface area (Å²) in [5, 5.41) is 22.1. The van der Waals surface area contributed by atoms with Gasteiger partial charge in [-0.15, -0.1) is 0 Å². The molecule has 9 rings (SSSR count). The number of anilines is 7. The van der Waals surface area contributed by atoms with E-state index < -0.39 is 90.7 Å². The van der Waals surface area contributed by atoms with Gasteiger partial charge in [-0.1, -0.05) is 0 Å². The number of aromatic amines is 3. The van der Waals surface area contributed by atoms with Gasteiger partial charge in [0.05, 0.1) is 77.5 Å². The SMILES string of the molecule is CCNc1cc2c3[nH]c(c2c(NCC)c1NCC)N=c1c2c(NCC)c(NCC)c(NCC)c(NCC)c2c(n1NCC)=Nc1[nH]c(c2c(F)c(F)c(F)c(F)c12)N=c1[nH]c(c2c(F)c(F)c(F)c(F)c12)=N3. The summed E-state index contributed by atoms with van der Waals surface area (Å²) in [5.74, 6) is -17.7. The second-order valence-corrected chi connectivity index (χ2v) is 16.5. The Morgan fingerprint density at radius 2 is 0.722 bits per heavy atom. The van der Waals surface area contributed by atoms with Gasteiger partial charge in [-0.3, -0.25) is 0 Å². The van der Waals surface area contributed by atoms with Crippen LogP contribution in [0.5, 0.6) is 0 Å². The molecule has 0 unspecified atom stereocenters. The Kier molecular flexibility index (Phi) is 13.2. The third-order valence-corrected chi connectivity index (χ3v) is 12.1. The van der Waals surface area contributed by atoms with E-state index >= 15 is 35.1 Å². The second-order valence-electron chi connectivity index (χ2n) is 16.5. The molecule has 0 radical (unpaired) electrons. The van der Waals surface area contributed by atoms with Crippen LogP contribution in [0.15, 0.2) is 26.0 Å². The van der Waals surface area contributed by atoms with Gasteiger partial charge < -0.3 is 57.6 Å². The summed E-state index contributed by atoms with van der Waals surface area (Å²) in [7, 11) is 0. The summed E-state index contributed by atoms with van der Waals surface area (Å²) < 4.78 is 128. The monoisotopic (exact) mass is 1000 g/mol. The highest BCUT2D eigenvalue weighted by molar-refractivity contribution is 6.16. The summed E-state index contributed by atoms with van der Waals surface area (Å²) in [4.78, 5) is 28.0. The largest absolute Gasteiger partial charge is 0.384 e. The first-order chi connectivity index (χ1) is 34.7. The quantitative estimate of drug-likeness (QED) is 0.0255. The van der Waals surface area contributed by atoms with Crippen LogP contribution in [0.2, 0.25) is 0 Å². The Morgan fingerprint density at radius 1 is 0.361 bits per heavy atom. The van der Waals surface area contributed by atoms with Crippen molar-refractivity contribution in [1.29, 1.82) is 0 Å². The van der Waals surface area contributed by atoms with Gasteiger partial charge in [0.2, 0.25) is 0 Å². The van der Waals surface area contributed by atoms with Crippen LogP contribution in [0, 0.1) is 46.5 Å². The molecular weight excluding hydrogens is 953 g/mol. The maximum Gasteiger partial charge on any atom is 0.198 e. The summed E-state index contributed by atoms with van der Waals surface area (Å²) in [5.41, 5.74) is 6.19. The fourth-order valence-electron chi connectivity index (χ4n) is 9.43. The lowest BCUT2D eigenvalue weighted by Crippen LogP contribution is -2.35. The Hall–Kier alpha value is -7.92. The molecule has 1 aliphatic heterocycles. The van der Waals surface area contributed by atoms with E-state index in [1.807, 2.05) is 48.5 Å². The van der Waals surface area contributed by atoms with E-state index in [9.17, 15) is 0 Å². The lowest BCUT2D eigenvalue weighted by atomic mass is 10.0. The van der Waals surface area contributed by atoms with Gasteiger partial charge in [-0.25, -0.2) is 59.8 Å². The molecule has 380 valence electrons. The molecule has 0 fully saturated rings. The van der Waals surface area contributed by atoms with Gasteiger partial charge in [-0.2, -0.15) is 0 Å². The van der Waals surface area contributed by atoms with Crippen LogP contribution < -0.4 is 64.6 Å². The Bertz CT molecular complexity index is 3760. The maximum absolute atomic E-state index is 16.5. The van der Waals surface area contributed by atoms with E-state index in [1.54, 1.807) is 13.0 Å². The van der Waals surface area contributed by atoms with E-state index in [-0.39, 0.29) is 29.2 Å². The molecule has 24 heteroatoms. The highest BCUT2D eigenvalue weighted by Crippen LogP contribution is 2.48. The van der Waals surface area contributed by atoms with Crippen LogP contribution in [0.25, 0.3) is 43.1 Å². The van der Waals surface area contributed by atoms with Crippen LogP contribution in [-0.4, -0.2) is 72.0 Å². The number of benzene rings is 4. The number of nitrogens with zero attached hydrogens (tertiary/aromatic N) is 5. The summed E-state index contributed by atoms with van der Waals surface area (Å²) >= 11 is 0. The third-order valence-electron chi connectivity index (χ3n) is 12.1. The first-order valence-electron chi connectivity index (χ1n) is 23.8. The standard InChI is InChI=1S/C48H52F8N16/c1-9-57-19-17-18-20(36(59-11-3)35(19)58-10-2)42-65-41(18)66-43-21-22(28(50)32(54)31(53)27(21)49)44(67-43)68-45-23-24(30(52)34(56)33(55)29(23)51)46(69-45)71-48-26-25(47(70-42)72(48)64-16-8)37(60-12-4)39(62-14-6)40(63-15-7)38(26)61-13-5/h17,57-64H,9-16H2,1-8H3,(H3,65,66,67,68,69,70,71). The van der Waals surface area contributed by atoms with Gasteiger partial charge in [0, 0.05) is 57.7 Å². The number of H-pyrrole nitrogens is 3. The van der Waals surface area contributed by atoms with Crippen LogP contribution in [0.4, 0.5) is 98.2 Å².